The second kappa shape index (κ2) is 7.17. The number of H-pyrrole nitrogens is 1. The third-order valence-electron chi connectivity index (χ3n) is 3.80. The van der Waals surface area contributed by atoms with Gasteiger partial charge in [-0.25, -0.2) is 4.39 Å². The van der Waals surface area contributed by atoms with E-state index in [9.17, 15) is 14.0 Å². The molecule has 1 aromatic heterocycles. The van der Waals surface area contributed by atoms with Gasteiger partial charge in [0.25, 0.3) is 5.91 Å². The molecule has 0 saturated heterocycles. The monoisotopic (exact) mass is 340 g/mol. The van der Waals surface area contributed by atoms with E-state index < -0.39 is 23.8 Å². The lowest BCUT2D eigenvalue weighted by molar-refractivity contribution is -0.152. The van der Waals surface area contributed by atoms with Gasteiger partial charge in [0.1, 0.15) is 5.82 Å². The Morgan fingerprint density at radius 3 is 2.64 bits per heavy atom. The Morgan fingerprint density at radius 1 is 1.16 bits per heavy atom. The summed E-state index contributed by atoms with van der Waals surface area (Å²) >= 11 is 0. The molecule has 0 radical (unpaired) electrons. The van der Waals surface area contributed by atoms with Crippen molar-refractivity contribution in [3.05, 3.63) is 66.1 Å². The predicted octanol–water partition coefficient (Wildman–Crippen LogP) is 3.42. The molecule has 0 saturated carbocycles. The molecule has 1 amide bonds. The van der Waals surface area contributed by atoms with Crippen molar-refractivity contribution in [2.24, 2.45) is 0 Å². The molecule has 0 aliphatic carbocycles. The van der Waals surface area contributed by atoms with Crippen LogP contribution in [0.25, 0.3) is 10.9 Å². The summed E-state index contributed by atoms with van der Waals surface area (Å²) in [5, 5.41) is 3.52. The Balaban J connectivity index is 1.58. The summed E-state index contributed by atoms with van der Waals surface area (Å²) in [5.74, 6) is -1.36. The van der Waals surface area contributed by atoms with Gasteiger partial charge in [-0.05, 0) is 42.8 Å². The number of amides is 1. The van der Waals surface area contributed by atoms with Crippen molar-refractivity contribution in [3.8, 4) is 0 Å². The minimum absolute atomic E-state index is 0.0676. The van der Waals surface area contributed by atoms with Gasteiger partial charge in [-0.1, -0.05) is 18.2 Å². The molecule has 0 aliphatic rings. The topological polar surface area (TPSA) is 71.2 Å². The summed E-state index contributed by atoms with van der Waals surface area (Å²) in [6.07, 6.45) is 0.871. The highest BCUT2D eigenvalue weighted by atomic mass is 19.1. The van der Waals surface area contributed by atoms with Crippen LogP contribution >= 0.6 is 0 Å². The van der Waals surface area contributed by atoms with E-state index in [-0.39, 0.29) is 6.42 Å². The maximum absolute atomic E-state index is 12.9. The number of aromatic nitrogens is 1. The van der Waals surface area contributed by atoms with Crippen LogP contribution in [-0.4, -0.2) is 23.0 Å². The normalized spacial score (nSPS) is 11.9. The van der Waals surface area contributed by atoms with Crippen molar-refractivity contribution in [2.45, 2.75) is 19.4 Å². The molecule has 1 heterocycles. The number of benzene rings is 2. The van der Waals surface area contributed by atoms with E-state index in [0.29, 0.717) is 5.69 Å². The van der Waals surface area contributed by atoms with E-state index in [1.807, 2.05) is 24.3 Å². The van der Waals surface area contributed by atoms with Gasteiger partial charge < -0.3 is 15.0 Å². The highest BCUT2D eigenvalue weighted by Crippen LogP contribution is 2.18. The second-order valence-corrected chi connectivity index (χ2v) is 5.66. The van der Waals surface area contributed by atoms with Crippen molar-refractivity contribution in [2.75, 3.05) is 5.32 Å². The van der Waals surface area contributed by atoms with E-state index in [1.165, 1.54) is 31.2 Å². The number of carbonyl (C=O) groups is 2. The van der Waals surface area contributed by atoms with Crippen LogP contribution in [0.1, 0.15) is 12.5 Å². The van der Waals surface area contributed by atoms with Crippen LogP contribution in [0.4, 0.5) is 10.1 Å². The van der Waals surface area contributed by atoms with Crippen molar-refractivity contribution < 1.29 is 18.7 Å². The van der Waals surface area contributed by atoms with Crippen LogP contribution in [0, 0.1) is 5.82 Å². The number of halogens is 1. The number of hydrogen-bond donors (Lipinski definition) is 2. The third-order valence-corrected chi connectivity index (χ3v) is 3.80. The van der Waals surface area contributed by atoms with Gasteiger partial charge in [0, 0.05) is 22.8 Å². The number of aromatic amines is 1. The Labute approximate surface area is 143 Å². The number of para-hydroxylation sites is 1. The molecule has 3 aromatic rings. The number of fused-ring (bicyclic) bond motifs is 1. The van der Waals surface area contributed by atoms with E-state index in [4.69, 9.17) is 4.74 Å². The van der Waals surface area contributed by atoms with E-state index >= 15 is 0 Å². The minimum atomic E-state index is -0.956. The van der Waals surface area contributed by atoms with Crippen LogP contribution in [0.2, 0.25) is 0 Å². The van der Waals surface area contributed by atoms with E-state index in [0.717, 1.165) is 16.5 Å². The average molecular weight is 340 g/mol. The first kappa shape index (κ1) is 16.7. The molecule has 0 bridgehead atoms. The van der Waals surface area contributed by atoms with Crippen LogP contribution in [0.5, 0.6) is 0 Å². The van der Waals surface area contributed by atoms with Crippen molar-refractivity contribution in [1.29, 1.82) is 0 Å². The van der Waals surface area contributed by atoms with Gasteiger partial charge in [0.05, 0.1) is 6.42 Å². The van der Waals surface area contributed by atoms with Gasteiger partial charge in [-0.2, -0.15) is 0 Å². The van der Waals surface area contributed by atoms with Gasteiger partial charge >= 0.3 is 5.97 Å². The van der Waals surface area contributed by atoms with Crippen LogP contribution in [0.15, 0.2) is 54.7 Å². The first-order valence-corrected chi connectivity index (χ1v) is 7.84. The van der Waals surface area contributed by atoms with E-state index in [2.05, 4.69) is 10.3 Å². The van der Waals surface area contributed by atoms with Gasteiger partial charge in [0.15, 0.2) is 6.10 Å². The average Bonchev–Trinajstić information content (AvgIpc) is 3.00. The lowest BCUT2D eigenvalue weighted by Gasteiger charge is -2.13. The molecule has 0 aliphatic heterocycles. The number of nitrogens with one attached hydrogen (secondary N) is 2. The van der Waals surface area contributed by atoms with Crippen LogP contribution in [0.3, 0.4) is 0 Å². The molecular weight excluding hydrogens is 323 g/mol. The lowest BCUT2D eigenvalue weighted by atomic mass is 10.1. The quantitative estimate of drug-likeness (QED) is 0.699. The molecule has 0 unspecified atom stereocenters. The lowest BCUT2D eigenvalue weighted by Crippen LogP contribution is -2.30. The fourth-order valence-electron chi connectivity index (χ4n) is 2.50. The summed E-state index contributed by atoms with van der Waals surface area (Å²) in [6.45, 7) is 1.49. The maximum Gasteiger partial charge on any atom is 0.311 e. The SMILES string of the molecule is C[C@H](OC(=O)Cc1c[nH]c2ccccc12)C(=O)Nc1ccc(F)cc1. The molecule has 0 spiro atoms. The standard InChI is InChI=1S/C19H17FN2O3/c1-12(19(24)22-15-8-6-14(20)7-9-15)25-18(23)10-13-11-21-17-5-3-2-4-16(13)17/h2-9,11-12,21H,10H2,1H3,(H,22,24)/t12-/m0/s1. The first-order chi connectivity index (χ1) is 12.0. The fourth-order valence-corrected chi connectivity index (χ4v) is 2.50. The summed E-state index contributed by atoms with van der Waals surface area (Å²) in [4.78, 5) is 27.2. The number of ether oxygens (including phenoxy) is 1. The molecule has 128 valence electrons. The molecule has 5 nitrogen and oxygen atoms in total. The van der Waals surface area contributed by atoms with Gasteiger partial charge in [-0.15, -0.1) is 0 Å². The molecule has 0 fully saturated rings. The molecule has 25 heavy (non-hydrogen) atoms. The zero-order chi connectivity index (χ0) is 17.8. The van der Waals surface area contributed by atoms with Crippen molar-refractivity contribution in [1.82, 2.24) is 4.98 Å². The Hall–Kier alpha value is -3.15. The summed E-state index contributed by atoms with van der Waals surface area (Å²) < 4.78 is 18.1. The first-order valence-electron chi connectivity index (χ1n) is 7.84. The van der Waals surface area contributed by atoms with Gasteiger partial charge in [0.2, 0.25) is 0 Å². The Bertz CT molecular complexity index is 902. The second-order valence-electron chi connectivity index (χ2n) is 5.66. The molecular formula is C19H17FN2O3. The van der Waals surface area contributed by atoms with Crippen molar-refractivity contribution in [3.63, 3.8) is 0 Å². The number of hydrogen-bond acceptors (Lipinski definition) is 3. The summed E-state index contributed by atoms with van der Waals surface area (Å²) in [5.41, 5.74) is 2.19. The number of rotatable bonds is 5. The summed E-state index contributed by atoms with van der Waals surface area (Å²) in [7, 11) is 0. The fraction of sp³-hybridized carbons (Fsp3) is 0.158. The smallest absolute Gasteiger partial charge is 0.311 e. The Kier molecular flexibility index (Phi) is 4.79. The molecule has 6 heteroatoms. The minimum Gasteiger partial charge on any atom is -0.452 e. The molecule has 2 aromatic carbocycles. The summed E-state index contributed by atoms with van der Waals surface area (Å²) in [6, 6.07) is 13.0. The predicted molar refractivity (Wildman–Crippen MR) is 92.6 cm³/mol. The largest absolute Gasteiger partial charge is 0.452 e. The third kappa shape index (κ3) is 4.03. The zero-order valence-corrected chi connectivity index (χ0v) is 13.6. The maximum atomic E-state index is 12.9. The highest BCUT2D eigenvalue weighted by Gasteiger charge is 2.19. The van der Waals surface area contributed by atoms with Crippen molar-refractivity contribution >= 4 is 28.5 Å². The van der Waals surface area contributed by atoms with E-state index in [1.54, 1.807) is 6.20 Å². The van der Waals surface area contributed by atoms with Crippen LogP contribution in [-0.2, 0) is 20.7 Å². The number of anilines is 1. The molecule has 1 atom stereocenters. The molecule has 3 rings (SSSR count). The Morgan fingerprint density at radius 2 is 1.88 bits per heavy atom. The zero-order valence-electron chi connectivity index (χ0n) is 13.6. The molecule has 2 N–H and O–H groups in total. The highest BCUT2D eigenvalue weighted by molar-refractivity contribution is 5.95. The van der Waals surface area contributed by atoms with Crippen LogP contribution < -0.4 is 5.32 Å². The number of carbonyl (C=O) groups excluding carboxylic acids is 2. The number of esters is 1. The van der Waals surface area contributed by atoms with Gasteiger partial charge in [-0.3, -0.25) is 9.59 Å².